The van der Waals surface area contributed by atoms with E-state index in [9.17, 15) is 14.4 Å². The third kappa shape index (κ3) is 4.08. The minimum atomic E-state index is -1.02. The van der Waals surface area contributed by atoms with E-state index in [4.69, 9.17) is 9.47 Å². The topological polar surface area (TPSA) is 72.9 Å². The van der Waals surface area contributed by atoms with Crippen LogP contribution < -0.4 is 0 Å². The molecular weight excluding hydrogens is 274 g/mol. The van der Waals surface area contributed by atoms with Crippen LogP contribution in [-0.4, -0.2) is 48.2 Å². The third-order valence-corrected chi connectivity index (χ3v) is 3.40. The number of esters is 1. The predicted molar refractivity (Wildman–Crippen MR) is 76.4 cm³/mol. The number of rotatable bonds is 2. The molecule has 1 fully saturated rings. The lowest BCUT2D eigenvalue weighted by atomic mass is 9.77. The number of carbonyl (C=O) groups is 2. The summed E-state index contributed by atoms with van der Waals surface area (Å²) in [5.41, 5.74) is -1.40. The average molecular weight is 297 g/mol. The Morgan fingerprint density at radius 2 is 2.00 bits per heavy atom. The van der Waals surface area contributed by atoms with Gasteiger partial charge >= 0.3 is 12.1 Å². The molecule has 6 nitrogen and oxygen atoms in total. The maximum atomic E-state index is 12.0. The number of amides is 1. The molecule has 1 aliphatic heterocycles. The molecule has 1 unspecified atom stereocenters. The summed E-state index contributed by atoms with van der Waals surface area (Å²) in [7, 11) is 0. The first-order valence-corrected chi connectivity index (χ1v) is 7.03. The molecule has 1 aliphatic rings. The van der Waals surface area contributed by atoms with E-state index >= 15 is 0 Å². The number of likely N-dealkylation sites (tertiary alicyclic amines) is 1. The molecule has 118 valence electrons. The summed E-state index contributed by atoms with van der Waals surface area (Å²) in [5.74, 6) is 1.35. The van der Waals surface area contributed by atoms with E-state index in [0.29, 0.717) is 13.0 Å². The lowest BCUT2D eigenvalue weighted by Gasteiger charge is -2.38. The molecule has 21 heavy (non-hydrogen) atoms. The quantitative estimate of drug-likeness (QED) is 0.575. The molecule has 0 spiro atoms. The number of piperidine rings is 1. The minimum Gasteiger partial charge on any atom is -0.465 e. The fraction of sp³-hybridized carbons (Fsp3) is 0.733. The van der Waals surface area contributed by atoms with Crippen molar-refractivity contribution >= 4 is 18.0 Å². The predicted octanol–water partition coefficient (Wildman–Crippen LogP) is 1.95. The van der Waals surface area contributed by atoms with Gasteiger partial charge in [-0.2, -0.15) is 0 Å². The Morgan fingerprint density at radius 3 is 2.48 bits per heavy atom. The van der Waals surface area contributed by atoms with Crippen LogP contribution in [0.3, 0.4) is 0 Å². The highest BCUT2D eigenvalue weighted by Gasteiger charge is 2.45. The normalized spacial score (nSPS) is 22.5. The SMILES string of the molecule is CCOC(=O)C1(C)CCN(C(=O)OC(C)(C)C)CC1=C=O. The summed E-state index contributed by atoms with van der Waals surface area (Å²) >= 11 is 0. The van der Waals surface area contributed by atoms with Crippen molar-refractivity contribution in [2.45, 2.75) is 46.6 Å². The zero-order valence-corrected chi connectivity index (χ0v) is 13.3. The van der Waals surface area contributed by atoms with E-state index in [-0.39, 0.29) is 18.7 Å². The number of hydrogen-bond donors (Lipinski definition) is 0. The maximum absolute atomic E-state index is 12.0. The zero-order chi connectivity index (χ0) is 16.3. The van der Waals surface area contributed by atoms with Crippen LogP contribution in [0.4, 0.5) is 4.79 Å². The summed E-state index contributed by atoms with van der Waals surface area (Å²) in [4.78, 5) is 36.7. The lowest BCUT2D eigenvalue weighted by molar-refractivity contribution is -0.153. The van der Waals surface area contributed by atoms with Gasteiger partial charge < -0.3 is 14.4 Å². The molecule has 1 amide bonds. The first kappa shape index (κ1) is 17.2. The number of ether oxygens (including phenoxy) is 2. The molecule has 0 bridgehead atoms. The fourth-order valence-electron chi connectivity index (χ4n) is 2.10. The van der Waals surface area contributed by atoms with Crippen LogP contribution >= 0.6 is 0 Å². The van der Waals surface area contributed by atoms with Crippen molar-refractivity contribution in [2.24, 2.45) is 5.41 Å². The van der Waals surface area contributed by atoms with Gasteiger partial charge in [0.15, 0.2) is 0 Å². The molecule has 1 saturated heterocycles. The van der Waals surface area contributed by atoms with Crippen LogP contribution in [-0.2, 0) is 19.1 Å². The standard InChI is InChI=1S/C15H23NO5/c1-6-20-12(18)15(5)7-8-16(9-11(15)10-17)13(19)21-14(2,3)4/h6-9H2,1-5H3. The maximum Gasteiger partial charge on any atom is 0.410 e. The van der Waals surface area contributed by atoms with Gasteiger partial charge in [-0.05, 0) is 41.0 Å². The fourth-order valence-corrected chi connectivity index (χ4v) is 2.10. The molecule has 0 aromatic rings. The number of hydrogen-bond acceptors (Lipinski definition) is 5. The second-order valence-corrected chi connectivity index (χ2v) is 6.29. The lowest BCUT2D eigenvalue weighted by Crippen LogP contribution is -2.49. The van der Waals surface area contributed by atoms with Gasteiger partial charge in [-0.25, -0.2) is 9.59 Å². The smallest absolute Gasteiger partial charge is 0.410 e. The van der Waals surface area contributed by atoms with Crippen LogP contribution in [0.15, 0.2) is 5.57 Å². The highest BCUT2D eigenvalue weighted by Crippen LogP contribution is 2.36. The van der Waals surface area contributed by atoms with E-state index < -0.39 is 23.1 Å². The van der Waals surface area contributed by atoms with Crippen LogP contribution in [0.25, 0.3) is 0 Å². The van der Waals surface area contributed by atoms with E-state index in [1.165, 1.54) is 4.90 Å². The molecule has 1 atom stereocenters. The molecule has 1 rings (SSSR count). The van der Waals surface area contributed by atoms with Crippen LogP contribution in [0.5, 0.6) is 0 Å². The Labute approximate surface area is 125 Å². The Bertz CT molecular complexity index is 473. The number of nitrogens with zero attached hydrogens (tertiary/aromatic N) is 1. The van der Waals surface area contributed by atoms with Gasteiger partial charge in [0.1, 0.15) is 17.0 Å². The molecule has 0 aromatic carbocycles. The van der Waals surface area contributed by atoms with Gasteiger partial charge in [0.2, 0.25) is 0 Å². The van der Waals surface area contributed by atoms with E-state index in [1.54, 1.807) is 40.6 Å². The van der Waals surface area contributed by atoms with E-state index in [2.05, 4.69) is 0 Å². The van der Waals surface area contributed by atoms with Crippen LogP contribution in [0, 0.1) is 5.41 Å². The Hall–Kier alpha value is -1.81. The molecule has 1 heterocycles. The summed E-state index contributed by atoms with van der Waals surface area (Å²) in [6, 6.07) is 0. The van der Waals surface area contributed by atoms with E-state index in [0.717, 1.165) is 0 Å². The Morgan fingerprint density at radius 1 is 1.38 bits per heavy atom. The van der Waals surface area contributed by atoms with Crippen molar-refractivity contribution < 1.29 is 23.9 Å². The van der Waals surface area contributed by atoms with Gasteiger partial charge in [0, 0.05) is 6.54 Å². The molecule has 0 radical (unpaired) electrons. The summed E-state index contributed by atoms with van der Waals surface area (Å²) < 4.78 is 10.3. The molecule has 0 N–H and O–H groups in total. The van der Waals surface area contributed by atoms with Crippen LogP contribution in [0.2, 0.25) is 0 Å². The van der Waals surface area contributed by atoms with Gasteiger partial charge in [-0.3, -0.25) is 4.79 Å². The van der Waals surface area contributed by atoms with Gasteiger partial charge in [0.05, 0.1) is 18.7 Å². The van der Waals surface area contributed by atoms with Gasteiger partial charge in [-0.1, -0.05) is 0 Å². The second kappa shape index (κ2) is 6.31. The molecule has 0 aliphatic carbocycles. The summed E-state index contributed by atoms with van der Waals surface area (Å²) in [5, 5.41) is 0. The van der Waals surface area contributed by atoms with Crippen molar-refractivity contribution in [3.8, 4) is 0 Å². The van der Waals surface area contributed by atoms with Crippen molar-refractivity contribution in [3.05, 3.63) is 5.57 Å². The first-order valence-electron chi connectivity index (χ1n) is 7.03. The van der Waals surface area contributed by atoms with Crippen molar-refractivity contribution in [2.75, 3.05) is 19.7 Å². The highest BCUT2D eigenvalue weighted by atomic mass is 16.6. The first-order chi connectivity index (χ1) is 9.64. The molecular formula is C15H23NO5. The van der Waals surface area contributed by atoms with Crippen molar-refractivity contribution in [1.29, 1.82) is 0 Å². The third-order valence-electron chi connectivity index (χ3n) is 3.40. The summed E-state index contributed by atoms with van der Waals surface area (Å²) in [6.07, 6.45) is -0.184. The number of carbonyl (C=O) groups excluding carboxylic acids is 3. The largest absolute Gasteiger partial charge is 0.465 e. The molecule has 6 heteroatoms. The van der Waals surface area contributed by atoms with Crippen molar-refractivity contribution in [1.82, 2.24) is 4.90 Å². The second-order valence-electron chi connectivity index (χ2n) is 6.29. The molecule has 0 saturated carbocycles. The zero-order valence-electron chi connectivity index (χ0n) is 13.3. The Balaban J connectivity index is 2.85. The Kier molecular flexibility index (Phi) is 5.18. The monoisotopic (exact) mass is 297 g/mol. The van der Waals surface area contributed by atoms with Crippen molar-refractivity contribution in [3.63, 3.8) is 0 Å². The van der Waals surface area contributed by atoms with Gasteiger partial charge in [0.25, 0.3) is 0 Å². The average Bonchev–Trinajstić information content (AvgIpc) is 2.37. The van der Waals surface area contributed by atoms with Gasteiger partial charge in [-0.15, -0.1) is 0 Å². The highest BCUT2D eigenvalue weighted by molar-refractivity contribution is 5.85. The summed E-state index contributed by atoms with van der Waals surface area (Å²) in [6.45, 7) is 9.29. The minimum absolute atomic E-state index is 0.0354. The van der Waals surface area contributed by atoms with Crippen LogP contribution in [0.1, 0.15) is 41.0 Å². The molecule has 0 aromatic heterocycles. The van der Waals surface area contributed by atoms with E-state index in [1.807, 2.05) is 0 Å².